The number of unbranched alkanes of at least 4 members (excludes halogenated alkanes) is 1. The summed E-state index contributed by atoms with van der Waals surface area (Å²) in [5.41, 5.74) is 1.50. The van der Waals surface area contributed by atoms with E-state index in [-0.39, 0.29) is 55.4 Å². The molecule has 3 saturated heterocycles. The van der Waals surface area contributed by atoms with Crippen LogP contribution in [0.5, 0.6) is 0 Å². The van der Waals surface area contributed by atoms with Crippen molar-refractivity contribution >= 4 is 40.6 Å². The molecule has 2 aromatic rings. The van der Waals surface area contributed by atoms with Gasteiger partial charge in [0, 0.05) is 11.8 Å². The van der Waals surface area contributed by atoms with Gasteiger partial charge in [0.1, 0.15) is 18.2 Å². The third kappa shape index (κ3) is 4.43. The molecule has 7 atom stereocenters. The molecule has 2 amide bonds. The minimum Gasteiger partial charge on any atom is -0.465 e. The molecule has 1 N–H and O–H groups in total. The normalized spacial score (nSPS) is 29.4. The van der Waals surface area contributed by atoms with E-state index >= 15 is 0 Å². The zero-order chi connectivity index (χ0) is 28.6. The lowest BCUT2D eigenvalue weighted by Crippen LogP contribution is -2.59. The quantitative estimate of drug-likeness (QED) is 0.236. The summed E-state index contributed by atoms with van der Waals surface area (Å²) in [5, 5.41) is 18.5. The standard InChI is InChI=1S/C29H37N5O5S/c1-5-7-10-14-39-28(38)23-22-15-18(3)29(40-22)24(23)26(36)34(19(4)16-35)25(29)27(37)32(13-6-2)17-33-21-12-9-8-11-20(21)30-31-33/h5-6,8-9,11-12,18-19,22-25,35H,1-2,7,10,13-17H2,3-4H3/t18?,19-,22-,23+,24+,25?,29?/m1/s1. The number of ether oxygens (including phenoxy) is 1. The number of amides is 2. The lowest BCUT2D eigenvalue weighted by Gasteiger charge is -2.41. The maximum Gasteiger partial charge on any atom is 0.310 e. The largest absolute Gasteiger partial charge is 0.465 e. The van der Waals surface area contributed by atoms with Crippen molar-refractivity contribution in [1.29, 1.82) is 0 Å². The first kappa shape index (κ1) is 28.4. The number of thioether (sulfide) groups is 1. The molecule has 2 bridgehead atoms. The van der Waals surface area contributed by atoms with E-state index in [0.29, 0.717) is 18.4 Å². The lowest BCUT2D eigenvalue weighted by molar-refractivity contribution is -0.155. The van der Waals surface area contributed by atoms with Crippen molar-refractivity contribution in [3.63, 3.8) is 0 Å². The second-order valence-corrected chi connectivity index (χ2v) is 12.5. The van der Waals surface area contributed by atoms with Gasteiger partial charge < -0.3 is 19.6 Å². The first-order valence-corrected chi connectivity index (χ1v) is 14.7. The zero-order valence-corrected chi connectivity index (χ0v) is 23.8. The number of nitrogens with zero attached hydrogens (tertiary/aromatic N) is 5. The summed E-state index contributed by atoms with van der Waals surface area (Å²) in [7, 11) is 0. The average Bonchev–Trinajstić information content (AvgIpc) is 3.67. The molecule has 0 saturated carbocycles. The number of carbonyl (C=O) groups is 3. The SMILES string of the molecule is C=CCCCOC(=O)[C@@H]1[C@H]2C(=O)N([C@H](C)CO)C(C(=O)N(CC=C)Cn3nnc4ccccc43)C23S[C@@H]1CC3C. The van der Waals surface area contributed by atoms with Crippen molar-refractivity contribution < 1.29 is 24.2 Å². The highest BCUT2D eigenvalue weighted by molar-refractivity contribution is 8.02. The fraction of sp³-hybridized carbons (Fsp3) is 0.552. The number of aliphatic hydroxyl groups is 1. The number of fused-ring (bicyclic) bond motifs is 2. The molecule has 40 heavy (non-hydrogen) atoms. The van der Waals surface area contributed by atoms with E-state index in [1.165, 1.54) is 4.90 Å². The van der Waals surface area contributed by atoms with E-state index in [9.17, 15) is 19.5 Å². The molecule has 0 aliphatic carbocycles. The van der Waals surface area contributed by atoms with Gasteiger partial charge in [-0.3, -0.25) is 14.4 Å². The minimum absolute atomic E-state index is 0.00360. The van der Waals surface area contributed by atoms with E-state index in [1.807, 2.05) is 24.3 Å². The van der Waals surface area contributed by atoms with Crippen LogP contribution in [-0.4, -0.2) is 89.5 Å². The van der Waals surface area contributed by atoms with E-state index in [1.54, 1.807) is 40.4 Å². The highest BCUT2D eigenvalue weighted by Gasteiger charge is 2.77. The maximum atomic E-state index is 14.6. The first-order chi connectivity index (χ1) is 19.3. The summed E-state index contributed by atoms with van der Waals surface area (Å²) in [5.74, 6) is -2.22. The summed E-state index contributed by atoms with van der Waals surface area (Å²) >= 11 is 1.59. The van der Waals surface area contributed by atoms with E-state index in [4.69, 9.17) is 4.74 Å². The molecule has 1 aromatic heterocycles. The van der Waals surface area contributed by atoms with Crippen LogP contribution in [0.3, 0.4) is 0 Å². The Morgan fingerprint density at radius 1 is 1.32 bits per heavy atom. The van der Waals surface area contributed by atoms with Gasteiger partial charge in [-0.15, -0.1) is 30.0 Å². The Morgan fingerprint density at radius 3 is 2.83 bits per heavy atom. The Morgan fingerprint density at radius 2 is 2.10 bits per heavy atom. The molecule has 0 radical (unpaired) electrons. The summed E-state index contributed by atoms with van der Waals surface area (Å²) in [6.45, 7) is 11.7. The Bertz CT molecular complexity index is 1310. The van der Waals surface area contributed by atoms with Gasteiger partial charge in [0.2, 0.25) is 11.8 Å². The van der Waals surface area contributed by atoms with Gasteiger partial charge in [-0.05, 0) is 44.2 Å². The van der Waals surface area contributed by atoms with E-state index < -0.39 is 28.7 Å². The van der Waals surface area contributed by atoms with Crippen molar-refractivity contribution in [1.82, 2.24) is 24.8 Å². The molecular formula is C29H37N5O5S. The molecule has 5 rings (SSSR count). The third-order valence-corrected chi connectivity index (χ3v) is 10.7. The average molecular weight is 568 g/mol. The predicted octanol–water partition coefficient (Wildman–Crippen LogP) is 2.63. The Hall–Kier alpha value is -3.18. The molecule has 10 nitrogen and oxygen atoms in total. The number of hydrogen-bond acceptors (Lipinski definition) is 8. The zero-order valence-electron chi connectivity index (χ0n) is 23.0. The van der Waals surface area contributed by atoms with Gasteiger partial charge in [0.15, 0.2) is 0 Å². The molecule has 11 heteroatoms. The topological polar surface area (TPSA) is 118 Å². The number of rotatable bonds is 12. The minimum atomic E-state index is -0.856. The number of hydrogen-bond donors (Lipinski definition) is 1. The van der Waals surface area contributed by atoms with Crippen molar-refractivity contribution in [2.24, 2.45) is 17.8 Å². The number of carbonyl (C=O) groups excluding carboxylic acids is 3. The Labute approximate surface area is 238 Å². The molecule has 3 aliphatic rings. The van der Waals surface area contributed by atoms with Crippen molar-refractivity contribution in [3.05, 3.63) is 49.6 Å². The number of esters is 1. The van der Waals surface area contributed by atoms with Crippen LogP contribution >= 0.6 is 11.8 Å². The van der Waals surface area contributed by atoms with Gasteiger partial charge in [-0.25, -0.2) is 4.68 Å². The van der Waals surface area contributed by atoms with Gasteiger partial charge in [-0.2, -0.15) is 0 Å². The van der Waals surface area contributed by atoms with Crippen molar-refractivity contribution in [2.75, 3.05) is 19.8 Å². The van der Waals surface area contributed by atoms with Crippen molar-refractivity contribution in [3.8, 4) is 0 Å². The van der Waals surface area contributed by atoms with Gasteiger partial charge in [0.05, 0.1) is 41.4 Å². The number of para-hydroxylation sites is 1. The molecule has 3 fully saturated rings. The van der Waals surface area contributed by atoms with Gasteiger partial charge in [-0.1, -0.05) is 36.4 Å². The molecule has 3 aliphatic heterocycles. The highest BCUT2D eigenvalue weighted by atomic mass is 32.2. The molecular weight excluding hydrogens is 530 g/mol. The summed E-state index contributed by atoms with van der Waals surface area (Å²) < 4.78 is 6.49. The van der Waals surface area contributed by atoms with Crippen LogP contribution in [0.15, 0.2) is 49.6 Å². The first-order valence-electron chi connectivity index (χ1n) is 13.9. The second kappa shape index (κ2) is 11.4. The molecule has 4 heterocycles. The van der Waals surface area contributed by atoms with Crippen LogP contribution in [0.4, 0.5) is 0 Å². The predicted molar refractivity (Wildman–Crippen MR) is 152 cm³/mol. The molecule has 214 valence electrons. The van der Waals surface area contributed by atoms with Crippen molar-refractivity contribution in [2.45, 2.75) is 61.9 Å². The van der Waals surface area contributed by atoms with Gasteiger partial charge in [0.25, 0.3) is 0 Å². The Balaban J connectivity index is 1.50. The van der Waals surface area contributed by atoms with Crippen LogP contribution in [0.25, 0.3) is 11.0 Å². The number of aromatic nitrogens is 3. The van der Waals surface area contributed by atoms with Crippen LogP contribution in [0, 0.1) is 17.8 Å². The molecule has 3 unspecified atom stereocenters. The smallest absolute Gasteiger partial charge is 0.310 e. The van der Waals surface area contributed by atoms with Crippen LogP contribution < -0.4 is 0 Å². The highest BCUT2D eigenvalue weighted by Crippen LogP contribution is 2.69. The summed E-state index contributed by atoms with van der Waals surface area (Å²) in [6.07, 6.45) is 5.54. The summed E-state index contributed by atoms with van der Waals surface area (Å²) in [6, 6.07) is 6.05. The number of aliphatic hydroxyl groups excluding tert-OH is 1. The fourth-order valence-corrected chi connectivity index (χ4v) is 9.19. The Kier molecular flexibility index (Phi) is 8.05. The van der Waals surface area contributed by atoms with E-state index in [0.717, 1.165) is 11.9 Å². The monoisotopic (exact) mass is 567 g/mol. The van der Waals surface area contributed by atoms with Crippen LogP contribution in [0.1, 0.15) is 33.1 Å². The maximum absolute atomic E-state index is 14.6. The fourth-order valence-electron chi connectivity index (χ4n) is 6.80. The molecule has 1 spiro atoms. The third-order valence-electron chi connectivity index (χ3n) is 8.61. The number of allylic oxidation sites excluding steroid dienone is 1. The van der Waals surface area contributed by atoms with E-state index in [2.05, 4.69) is 30.4 Å². The van der Waals surface area contributed by atoms with Crippen LogP contribution in [-0.2, 0) is 25.8 Å². The molecule has 1 aromatic carbocycles. The number of benzene rings is 1. The number of likely N-dealkylation sites (tertiary alicyclic amines) is 1. The lowest BCUT2D eigenvalue weighted by atomic mass is 9.66. The van der Waals surface area contributed by atoms with Crippen LogP contribution in [0.2, 0.25) is 0 Å². The summed E-state index contributed by atoms with van der Waals surface area (Å²) in [4.78, 5) is 45.3. The second-order valence-electron chi connectivity index (χ2n) is 11.0. The van der Waals surface area contributed by atoms with Gasteiger partial charge >= 0.3 is 5.97 Å².